The summed E-state index contributed by atoms with van der Waals surface area (Å²) >= 11 is 0. The number of carbonyl (C=O) groups is 1. The zero-order valence-electron chi connectivity index (χ0n) is 13.2. The molecule has 1 atom stereocenters. The highest BCUT2D eigenvalue weighted by Crippen LogP contribution is 2.28. The maximum atomic E-state index is 12.9. The predicted molar refractivity (Wildman–Crippen MR) is 86.3 cm³/mol. The van der Waals surface area contributed by atoms with Crippen LogP contribution in [0.25, 0.3) is 0 Å². The topological polar surface area (TPSA) is 78.5 Å². The van der Waals surface area contributed by atoms with Gasteiger partial charge in [0.15, 0.2) is 0 Å². The highest BCUT2D eigenvalue weighted by molar-refractivity contribution is 7.89. The van der Waals surface area contributed by atoms with Gasteiger partial charge in [-0.05, 0) is 44.5 Å². The number of rotatable bonds is 5. The van der Waals surface area contributed by atoms with E-state index in [0.29, 0.717) is 18.8 Å². The minimum atomic E-state index is -3.54. The Bertz CT molecular complexity index is 658. The molecule has 22 heavy (non-hydrogen) atoms. The number of aryl methyl sites for hydroxylation is 1. The van der Waals surface area contributed by atoms with Gasteiger partial charge in [-0.25, -0.2) is 8.42 Å². The van der Waals surface area contributed by atoms with E-state index in [1.807, 2.05) is 14.0 Å². The van der Waals surface area contributed by atoms with Gasteiger partial charge >= 0.3 is 0 Å². The molecule has 0 aromatic heterocycles. The van der Waals surface area contributed by atoms with Crippen molar-refractivity contribution in [3.8, 4) is 0 Å². The first-order valence-electron chi connectivity index (χ1n) is 7.41. The van der Waals surface area contributed by atoms with Crippen molar-refractivity contribution in [2.75, 3.05) is 25.5 Å². The molecule has 1 fully saturated rings. The molecule has 0 spiro atoms. The van der Waals surface area contributed by atoms with Crippen molar-refractivity contribution < 1.29 is 13.2 Å². The largest absolute Gasteiger partial charge is 0.326 e. The Balaban J connectivity index is 2.35. The number of likely N-dealkylation sites (N-methyl/N-ethyl adjacent to an activating group) is 1. The Morgan fingerprint density at radius 3 is 2.77 bits per heavy atom. The van der Waals surface area contributed by atoms with Crippen LogP contribution < -0.4 is 10.6 Å². The van der Waals surface area contributed by atoms with Crippen LogP contribution in [0.5, 0.6) is 0 Å². The van der Waals surface area contributed by atoms with E-state index in [2.05, 4.69) is 10.6 Å². The predicted octanol–water partition coefficient (Wildman–Crippen LogP) is 1.33. The van der Waals surface area contributed by atoms with Gasteiger partial charge in [0.25, 0.3) is 0 Å². The molecule has 2 N–H and O–H groups in total. The van der Waals surface area contributed by atoms with Crippen molar-refractivity contribution in [1.29, 1.82) is 0 Å². The fourth-order valence-electron chi connectivity index (χ4n) is 2.79. The number of nitrogens with zero attached hydrogens (tertiary/aromatic N) is 1. The van der Waals surface area contributed by atoms with Crippen LogP contribution in [0.1, 0.15) is 25.3 Å². The Morgan fingerprint density at radius 1 is 1.41 bits per heavy atom. The number of amides is 1. The second kappa shape index (κ2) is 6.76. The third-order valence-electron chi connectivity index (χ3n) is 3.89. The molecule has 6 nitrogen and oxygen atoms in total. The van der Waals surface area contributed by atoms with Crippen LogP contribution in [0.4, 0.5) is 5.69 Å². The molecule has 1 amide bonds. The van der Waals surface area contributed by atoms with E-state index in [4.69, 9.17) is 0 Å². The van der Waals surface area contributed by atoms with Crippen LogP contribution in [0.15, 0.2) is 23.1 Å². The van der Waals surface area contributed by atoms with Crippen LogP contribution in [-0.4, -0.2) is 44.8 Å². The summed E-state index contributed by atoms with van der Waals surface area (Å²) in [6.07, 6.45) is 1.74. The fraction of sp³-hybridized carbons (Fsp3) is 0.533. The highest BCUT2D eigenvalue weighted by Gasteiger charge is 2.34. The Hall–Kier alpha value is -1.44. The third-order valence-corrected chi connectivity index (χ3v) is 5.84. The van der Waals surface area contributed by atoms with Gasteiger partial charge in [0, 0.05) is 31.7 Å². The van der Waals surface area contributed by atoms with Crippen molar-refractivity contribution in [3.63, 3.8) is 0 Å². The van der Waals surface area contributed by atoms with Crippen molar-refractivity contribution in [1.82, 2.24) is 9.62 Å². The average molecular weight is 325 g/mol. The fourth-order valence-corrected chi connectivity index (χ4v) is 4.51. The number of benzene rings is 1. The van der Waals surface area contributed by atoms with Crippen LogP contribution >= 0.6 is 0 Å². The third kappa shape index (κ3) is 3.48. The van der Waals surface area contributed by atoms with Crippen molar-refractivity contribution >= 4 is 21.6 Å². The molecule has 1 unspecified atom stereocenters. The average Bonchev–Trinajstić information content (AvgIpc) is 2.90. The van der Waals surface area contributed by atoms with Crippen LogP contribution in [0.2, 0.25) is 0 Å². The first-order chi connectivity index (χ1) is 10.4. The molecular formula is C15H23N3O3S. The van der Waals surface area contributed by atoms with Gasteiger partial charge in [-0.15, -0.1) is 0 Å². The lowest BCUT2D eigenvalue weighted by Gasteiger charge is -2.24. The number of anilines is 1. The summed E-state index contributed by atoms with van der Waals surface area (Å²) in [5.41, 5.74) is 1.38. The van der Waals surface area contributed by atoms with Gasteiger partial charge in [-0.3, -0.25) is 4.79 Å². The SMILES string of the molecule is CNCC1CCCN1S(=O)(=O)c1ccc(C)c(NC(C)=O)c1. The number of hydrogen-bond donors (Lipinski definition) is 2. The molecule has 122 valence electrons. The molecule has 0 aliphatic carbocycles. The van der Waals surface area contributed by atoms with Gasteiger partial charge in [0.2, 0.25) is 15.9 Å². The molecule has 1 aliphatic heterocycles. The van der Waals surface area contributed by atoms with Gasteiger partial charge in [0.1, 0.15) is 0 Å². The highest BCUT2D eigenvalue weighted by atomic mass is 32.2. The molecule has 0 radical (unpaired) electrons. The summed E-state index contributed by atoms with van der Waals surface area (Å²) in [6, 6.07) is 4.85. The van der Waals surface area contributed by atoms with E-state index in [-0.39, 0.29) is 16.8 Å². The van der Waals surface area contributed by atoms with E-state index in [1.165, 1.54) is 6.92 Å². The summed E-state index contributed by atoms with van der Waals surface area (Å²) < 4.78 is 27.3. The molecular weight excluding hydrogens is 302 g/mol. The van der Waals surface area contributed by atoms with Gasteiger partial charge in [-0.2, -0.15) is 4.31 Å². The zero-order chi connectivity index (χ0) is 16.3. The van der Waals surface area contributed by atoms with Gasteiger partial charge in [-0.1, -0.05) is 6.07 Å². The molecule has 7 heteroatoms. The lowest BCUT2D eigenvalue weighted by molar-refractivity contribution is -0.114. The second-order valence-electron chi connectivity index (χ2n) is 5.63. The molecule has 1 aliphatic rings. The van der Waals surface area contributed by atoms with E-state index in [1.54, 1.807) is 22.5 Å². The smallest absolute Gasteiger partial charge is 0.243 e. The van der Waals surface area contributed by atoms with Gasteiger partial charge in [0.05, 0.1) is 4.90 Å². The van der Waals surface area contributed by atoms with Crippen LogP contribution in [0, 0.1) is 6.92 Å². The van der Waals surface area contributed by atoms with Crippen LogP contribution in [-0.2, 0) is 14.8 Å². The minimum Gasteiger partial charge on any atom is -0.326 e. The molecule has 1 saturated heterocycles. The molecule has 0 saturated carbocycles. The Kier molecular flexibility index (Phi) is 5.20. The Morgan fingerprint density at radius 2 is 2.14 bits per heavy atom. The van der Waals surface area contributed by atoms with E-state index < -0.39 is 10.0 Å². The maximum Gasteiger partial charge on any atom is 0.243 e. The minimum absolute atomic E-state index is 0.0134. The molecule has 0 bridgehead atoms. The monoisotopic (exact) mass is 325 g/mol. The summed E-state index contributed by atoms with van der Waals surface area (Å²) in [6.45, 7) is 4.42. The number of sulfonamides is 1. The maximum absolute atomic E-state index is 12.9. The molecule has 1 aromatic rings. The second-order valence-corrected chi connectivity index (χ2v) is 7.52. The first kappa shape index (κ1) is 16.9. The summed E-state index contributed by atoms with van der Waals surface area (Å²) in [5.74, 6) is -0.216. The quantitative estimate of drug-likeness (QED) is 0.856. The van der Waals surface area contributed by atoms with E-state index in [0.717, 1.165) is 18.4 Å². The normalized spacial score (nSPS) is 19.3. The standard InChI is InChI=1S/C15H23N3O3S/c1-11-6-7-14(9-15(11)17-12(2)19)22(20,21)18-8-4-5-13(18)10-16-3/h6-7,9,13,16H,4-5,8,10H2,1-3H3,(H,17,19). The molecule has 2 rings (SSSR count). The van der Waals surface area contributed by atoms with Crippen molar-refractivity contribution in [3.05, 3.63) is 23.8 Å². The first-order valence-corrected chi connectivity index (χ1v) is 8.85. The lowest BCUT2D eigenvalue weighted by atomic mass is 10.2. The van der Waals surface area contributed by atoms with E-state index >= 15 is 0 Å². The van der Waals surface area contributed by atoms with Gasteiger partial charge < -0.3 is 10.6 Å². The number of nitrogens with one attached hydrogen (secondary N) is 2. The zero-order valence-corrected chi connectivity index (χ0v) is 14.0. The molecule has 1 aromatic carbocycles. The summed E-state index contributed by atoms with van der Waals surface area (Å²) in [4.78, 5) is 11.5. The lowest BCUT2D eigenvalue weighted by Crippen LogP contribution is -2.40. The molecule has 1 heterocycles. The van der Waals surface area contributed by atoms with Crippen LogP contribution in [0.3, 0.4) is 0 Å². The van der Waals surface area contributed by atoms with Crippen molar-refractivity contribution in [2.45, 2.75) is 37.6 Å². The summed E-state index contributed by atoms with van der Waals surface area (Å²) in [7, 11) is -1.72. The van der Waals surface area contributed by atoms with Crippen molar-refractivity contribution in [2.24, 2.45) is 0 Å². The number of carbonyl (C=O) groups excluding carboxylic acids is 1. The number of hydrogen-bond acceptors (Lipinski definition) is 4. The van der Waals surface area contributed by atoms with E-state index in [9.17, 15) is 13.2 Å². The summed E-state index contributed by atoms with van der Waals surface area (Å²) in [5, 5.41) is 5.72. The Labute approximate surface area is 131 Å².